The number of H-pyrrole nitrogens is 1. The number of benzene rings is 3. The largest absolute Gasteiger partial charge is 0.376 e. The lowest BCUT2D eigenvalue weighted by molar-refractivity contribution is -0.120. The van der Waals surface area contributed by atoms with Gasteiger partial charge in [0.2, 0.25) is 0 Å². The number of nitrogens with zero attached hydrogens (tertiary/aromatic N) is 2. The molecule has 0 bridgehead atoms. The van der Waals surface area contributed by atoms with Crippen LogP contribution < -0.4 is 10.2 Å². The van der Waals surface area contributed by atoms with Crippen LogP contribution in [0.4, 0.5) is 10.5 Å². The summed E-state index contributed by atoms with van der Waals surface area (Å²) in [5, 5.41) is 3.99. The fraction of sp³-hybridized carbons (Fsp3) is 0.281. The second-order valence-corrected chi connectivity index (χ2v) is 10.9. The second kappa shape index (κ2) is 9.64. The third-order valence-electron chi connectivity index (χ3n) is 8.34. The smallest absolute Gasteiger partial charge is 0.332 e. The van der Waals surface area contributed by atoms with Gasteiger partial charge < -0.3 is 15.0 Å². The highest BCUT2D eigenvalue weighted by atomic mass is 16.5. The molecule has 4 heterocycles. The van der Waals surface area contributed by atoms with Crippen molar-refractivity contribution in [3.63, 3.8) is 0 Å². The maximum atomic E-state index is 14.0. The van der Waals surface area contributed by atoms with Crippen molar-refractivity contribution >= 4 is 34.4 Å². The molecule has 0 unspecified atom stereocenters. The predicted molar refractivity (Wildman–Crippen MR) is 151 cm³/mol. The lowest BCUT2D eigenvalue weighted by atomic mass is 9.88. The van der Waals surface area contributed by atoms with E-state index < -0.39 is 12.1 Å². The van der Waals surface area contributed by atoms with Gasteiger partial charge in [0.05, 0.1) is 11.8 Å². The molecular weight excluding hydrogens is 504 g/mol. The minimum atomic E-state index is -0.625. The van der Waals surface area contributed by atoms with E-state index in [0.29, 0.717) is 24.2 Å². The van der Waals surface area contributed by atoms with Gasteiger partial charge in [-0.3, -0.25) is 14.5 Å². The molecule has 40 heavy (non-hydrogen) atoms. The number of nitrogens with one attached hydrogen (secondary N) is 2. The number of amides is 4. The second-order valence-electron chi connectivity index (χ2n) is 10.9. The molecule has 8 nitrogen and oxygen atoms in total. The lowest BCUT2D eigenvalue weighted by Gasteiger charge is -2.36. The van der Waals surface area contributed by atoms with Crippen LogP contribution in [0.2, 0.25) is 0 Å². The van der Waals surface area contributed by atoms with Gasteiger partial charge in [0, 0.05) is 41.7 Å². The Bertz CT molecular complexity index is 1620. The highest BCUT2D eigenvalue weighted by Gasteiger charge is 2.53. The Morgan fingerprint density at radius 1 is 1.02 bits per heavy atom. The number of aromatic amines is 1. The number of fused-ring (bicyclic) bond motifs is 4. The number of para-hydroxylation sites is 1. The summed E-state index contributed by atoms with van der Waals surface area (Å²) >= 11 is 0. The summed E-state index contributed by atoms with van der Waals surface area (Å²) in [6.07, 6.45) is 2.45. The van der Waals surface area contributed by atoms with Crippen molar-refractivity contribution in [3.8, 4) is 0 Å². The van der Waals surface area contributed by atoms with Crippen LogP contribution in [0.1, 0.15) is 51.6 Å². The summed E-state index contributed by atoms with van der Waals surface area (Å²) < 4.78 is 5.58. The molecule has 1 aromatic heterocycles. The molecule has 4 amide bonds. The van der Waals surface area contributed by atoms with E-state index in [4.69, 9.17) is 4.74 Å². The van der Waals surface area contributed by atoms with Crippen LogP contribution in [0.3, 0.4) is 0 Å². The summed E-state index contributed by atoms with van der Waals surface area (Å²) in [4.78, 5) is 47.1. The highest BCUT2D eigenvalue weighted by molar-refractivity contribution is 6.22. The number of hydrogen-bond acceptors (Lipinski definition) is 4. The van der Waals surface area contributed by atoms with E-state index >= 15 is 0 Å². The molecule has 2 saturated heterocycles. The summed E-state index contributed by atoms with van der Waals surface area (Å²) in [6, 6.07) is 21.4. The number of anilines is 1. The van der Waals surface area contributed by atoms with E-state index in [2.05, 4.69) is 16.4 Å². The van der Waals surface area contributed by atoms with Gasteiger partial charge in [-0.25, -0.2) is 9.69 Å². The van der Waals surface area contributed by atoms with Crippen LogP contribution in [0.25, 0.3) is 10.9 Å². The number of aryl methyl sites for hydroxylation is 1. The molecule has 4 aromatic rings. The first-order valence-electron chi connectivity index (χ1n) is 13.8. The van der Waals surface area contributed by atoms with Gasteiger partial charge in [0.15, 0.2) is 0 Å². The van der Waals surface area contributed by atoms with Gasteiger partial charge in [-0.2, -0.15) is 0 Å². The molecule has 7 rings (SSSR count). The van der Waals surface area contributed by atoms with E-state index in [-0.39, 0.29) is 23.9 Å². The predicted octanol–water partition coefficient (Wildman–Crippen LogP) is 4.87. The molecule has 2 N–H and O–H groups in total. The fourth-order valence-corrected chi connectivity index (χ4v) is 6.28. The van der Waals surface area contributed by atoms with Gasteiger partial charge in [-0.05, 0) is 61.2 Å². The zero-order valence-corrected chi connectivity index (χ0v) is 22.2. The number of hydrogen-bond donors (Lipinski definition) is 2. The summed E-state index contributed by atoms with van der Waals surface area (Å²) in [7, 11) is 0. The number of ether oxygens (including phenoxy) is 1. The van der Waals surface area contributed by atoms with E-state index in [1.54, 1.807) is 29.2 Å². The van der Waals surface area contributed by atoms with Crippen molar-refractivity contribution < 1.29 is 19.1 Å². The first-order valence-corrected chi connectivity index (χ1v) is 13.8. The van der Waals surface area contributed by atoms with E-state index in [0.717, 1.165) is 52.7 Å². The molecule has 0 saturated carbocycles. The number of carbonyl (C=O) groups excluding carboxylic acids is 3. The summed E-state index contributed by atoms with van der Waals surface area (Å²) in [5.41, 5.74) is 6.01. The molecule has 0 spiro atoms. The average Bonchev–Trinajstić information content (AvgIpc) is 3.69. The Hall–Kier alpha value is -4.43. The Morgan fingerprint density at radius 3 is 2.55 bits per heavy atom. The van der Waals surface area contributed by atoms with Gasteiger partial charge in [-0.15, -0.1) is 0 Å². The number of carbonyl (C=O) groups is 3. The van der Waals surface area contributed by atoms with E-state index in [1.807, 2.05) is 49.4 Å². The van der Waals surface area contributed by atoms with Gasteiger partial charge in [0.1, 0.15) is 12.1 Å². The number of urea groups is 1. The first kappa shape index (κ1) is 24.6. The minimum absolute atomic E-state index is 0.0543. The Kier molecular flexibility index (Phi) is 5.93. The molecule has 3 aliphatic rings. The van der Waals surface area contributed by atoms with Gasteiger partial charge >= 0.3 is 6.03 Å². The van der Waals surface area contributed by atoms with Gasteiger partial charge in [0.25, 0.3) is 11.8 Å². The molecule has 3 atom stereocenters. The van der Waals surface area contributed by atoms with Gasteiger partial charge in [-0.1, -0.05) is 48.0 Å². The molecule has 8 heteroatoms. The number of aromatic nitrogens is 1. The topological polar surface area (TPSA) is 94.7 Å². The van der Waals surface area contributed by atoms with Crippen molar-refractivity contribution in [1.82, 2.24) is 15.2 Å². The lowest BCUT2D eigenvalue weighted by Crippen LogP contribution is -2.44. The minimum Gasteiger partial charge on any atom is -0.376 e. The summed E-state index contributed by atoms with van der Waals surface area (Å²) in [6.45, 7) is 3.23. The van der Waals surface area contributed by atoms with E-state index in [1.165, 1.54) is 4.90 Å². The zero-order chi connectivity index (χ0) is 27.4. The Morgan fingerprint density at radius 2 is 1.80 bits per heavy atom. The zero-order valence-electron chi connectivity index (χ0n) is 22.2. The first-order chi connectivity index (χ1) is 19.5. The Labute approximate surface area is 231 Å². The normalized spacial score (nSPS) is 22.1. The van der Waals surface area contributed by atoms with Crippen LogP contribution in [-0.4, -0.2) is 53.0 Å². The molecule has 3 aromatic carbocycles. The molecule has 2 fully saturated rings. The van der Waals surface area contributed by atoms with Crippen LogP contribution in [0, 0.1) is 6.92 Å². The third-order valence-corrected chi connectivity index (χ3v) is 8.34. The highest BCUT2D eigenvalue weighted by Crippen LogP contribution is 2.44. The van der Waals surface area contributed by atoms with Crippen molar-refractivity contribution in [3.05, 3.63) is 101 Å². The standard InChI is InChI=1S/C32H30N4O4/c1-19-8-10-20(11-9-19)29-28-25(24-6-2-3-7-26(24)34-28)17-27-31(38)35(32(39)36(27)29)22-14-12-21(13-15-22)30(37)33-18-23-5-4-16-40-23/h2-3,6-15,23,27,29,34H,4-5,16-18H2,1H3,(H,33,37)/t23-,27+,29-/m1/s1. The molecule has 3 aliphatic heterocycles. The Balaban J connectivity index is 1.21. The van der Waals surface area contributed by atoms with Crippen molar-refractivity contribution in [2.75, 3.05) is 18.1 Å². The molecule has 0 radical (unpaired) electrons. The average molecular weight is 535 g/mol. The van der Waals surface area contributed by atoms with Crippen LogP contribution in [-0.2, 0) is 16.0 Å². The third kappa shape index (κ3) is 3.98. The van der Waals surface area contributed by atoms with E-state index in [9.17, 15) is 14.4 Å². The SMILES string of the molecule is Cc1ccc([C@@H]2c3[nH]c4ccccc4c3C[C@H]3C(=O)N(c4ccc(C(=O)NC[C@H]5CCCO5)cc4)C(=O)N23)cc1. The van der Waals surface area contributed by atoms with Crippen molar-refractivity contribution in [1.29, 1.82) is 0 Å². The van der Waals surface area contributed by atoms with Crippen LogP contribution in [0.5, 0.6) is 0 Å². The maximum Gasteiger partial charge on any atom is 0.332 e. The monoisotopic (exact) mass is 534 g/mol. The number of rotatable bonds is 5. The number of imide groups is 1. The fourth-order valence-electron chi connectivity index (χ4n) is 6.28. The van der Waals surface area contributed by atoms with Crippen molar-refractivity contribution in [2.24, 2.45) is 0 Å². The maximum absolute atomic E-state index is 14.0. The van der Waals surface area contributed by atoms with Crippen molar-refractivity contribution in [2.45, 2.75) is 44.4 Å². The molecular formula is C32H30N4O4. The molecule has 202 valence electrons. The quantitative estimate of drug-likeness (QED) is 0.357. The van der Waals surface area contributed by atoms with Crippen LogP contribution >= 0.6 is 0 Å². The van der Waals surface area contributed by atoms with Crippen LogP contribution in [0.15, 0.2) is 72.8 Å². The summed E-state index contributed by atoms with van der Waals surface area (Å²) in [5.74, 6) is -0.461. The molecule has 0 aliphatic carbocycles.